The standard InChI is InChI=1S/C12H20N2O2/c1-14-8-7-11(13-14)12(15)6-5-10-4-2-3-9-16-10/h7-8,10,12,15H,2-6,9H2,1H3. The Balaban J connectivity index is 1.76. The smallest absolute Gasteiger partial charge is 0.0979 e. The third-order valence-electron chi connectivity index (χ3n) is 3.11. The van der Waals surface area contributed by atoms with Crippen LogP contribution in [0.15, 0.2) is 12.3 Å². The van der Waals surface area contributed by atoms with Gasteiger partial charge in [-0.05, 0) is 38.2 Å². The number of aromatic nitrogens is 2. The second-order valence-corrected chi connectivity index (χ2v) is 4.50. The number of aliphatic hydroxyl groups is 1. The van der Waals surface area contributed by atoms with E-state index in [4.69, 9.17) is 4.74 Å². The van der Waals surface area contributed by atoms with Crippen molar-refractivity contribution in [2.75, 3.05) is 6.61 Å². The Morgan fingerprint density at radius 3 is 3.12 bits per heavy atom. The molecule has 90 valence electrons. The summed E-state index contributed by atoms with van der Waals surface area (Å²) in [4.78, 5) is 0. The lowest BCUT2D eigenvalue weighted by molar-refractivity contribution is 0.00182. The maximum atomic E-state index is 9.93. The first-order chi connectivity index (χ1) is 7.75. The summed E-state index contributed by atoms with van der Waals surface area (Å²) >= 11 is 0. The fourth-order valence-corrected chi connectivity index (χ4v) is 2.14. The molecule has 2 atom stereocenters. The zero-order valence-electron chi connectivity index (χ0n) is 9.80. The summed E-state index contributed by atoms with van der Waals surface area (Å²) in [5, 5.41) is 14.1. The summed E-state index contributed by atoms with van der Waals surface area (Å²) in [7, 11) is 1.86. The summed E-state index contributed by atoms with van der Waals surface area (Å²) in [5.74, 6) is 0. The minimum absolute atomic E-state index is 0.340. The number of ether oxygens (including phenoxy) is 1. The van der Waals surface area contributed by atoms with Crippen LogP contribution in [0, 0.1) is 0 Å². The molecule has 1 saturated heterocycles. The van der Waals surface area contributed by atoms with Gasteiger partial charge in [-0.25, -0.2) is 0 Å². The van der Waals surface area contributed by atoms with E-state index < -0.39 is 6.10 Å². The first kappa shape index (κ1) is 11.6. The number of rotatable bonds is 4. The van der Waals surface area contributed by atoms with E-state index in [1.165, 1.54) is 12.8 Å². The summed E-state index contributed by atoms with van der Waals surface area (Å²) in [6.07, 6.45) is 6.98. The zero-order chi connectivity index (χ0) is 11.4. The Morgan fingerprint density at radius 1 is 1.62 bits per heavy atom. The second-order valence-electron chi connectivity index (χ2n) is 4.50. The predicted molar refractivity (Wildman–Crippen MR) is 61.0 cm³/mol. The molecule has 4 nitrogen and oxygen atoms in total. The van der Waals surface area contributed by atoms with E-state index in [1.54, 1.807) is 4.68 Å². The fraction of sp³-hybridized carbons (Fsp3) is 0.750. The molecule has 0 aliphatic carbocycles. The van der Waals surface area contributed by atoms with Gasteiger partial charge in [-0.3, -0.25) is 4.68 Å². The van der Waals surface area contributed by atoms with Gasteiger partial charge in [0, 0.05) is 19.9 Å². The van der Waals surface area contributed by atoms with Crippen molar-refractivity contribution in [3.63, 3.8) is 0 Å². The molecule has 1 aromatic heterocycles. The predicted octanol–water partition coefficient (Wildman–Crippen LogP) is 1.80. The quantitative estimate of drug-likeness (QED) is 0.848. The lowest BCUT2D eigenvalue weighted by Crippen LogP contribution is -2.19. The molecule has 16 heavy (non-hydrogen) atoms. The Hall–Kier alpha value is -0.870. The van der Waals surface area contributed by atoms with Crippen molar-refractivity contribution in [1.82, 2.24) is 9.78 Å². The maximum absolute atomic E-state index is 9.93. The van der Waals surface area contributed by atoms with Gasteiger partial charge in [0.1, 0.15) is 0 Å². The molecule has 2 unspecified atom stereocenters. The molecule has 4 heteroatoms. The minimum Gasteiger partial charge on any atom is -0.387 e. The van der Waals surface area contributed by atoms with Gasteiger partial charge in [0.2, 0.25) is 0 Å². The van der Waals surface area contributed by atoms with Crippen LogP contribution in [0.3, 0.4) is 0 Å². The highest BCUT2D eigenvalue weighted by atomic mass is 16.5. The monoisotopic (exact) mass is 224 g/mol. The van der Waals surface area contributed by atoms with E-state index in [9.17, 15) is 5.11 Å². The largest absolute Gasteiger partial charge is 0.387 e. The van der Waals surface area contributed by atoms with Crippen molar-refractivity contribution in [2.45, 2.75) is 44.3 Å². The van der Waals surface area contributed by atoms with Crippen LogP contribution in [0.4, 0.5) is 0 Å². The lowest BCUT2D eigenvalue weighted by Gasteiger charge is -2.23. The molecule has 1 aliphatic rings. The fourth-order valence-electron chi connectivity index (χ4n) is 2.14. The first-order valence-corrected chi connectivity index (χ1v) is 6.05. The molecule has 0 bridgehead atoms. The average Bonchev–Trinajstić information content (AvgIpc) is 2.74. The van der Waals surface area contributed by atoms with Crippen LogP contribution in [0.25, 0.3) is 0 Å². The lowest BCUT2D eigenvalue weighted by atomic mass is 10.0. The van der Waals surface area contributed by atoms with Crippen LogP contribution in [-0.2, 0) is 11.8 Å². The van der Waals surface area contributed by atoms with Crippen molar-refractivity contribution in [3.05, 3.63) is 18.0 Å². The van der Waals surface area contributed by atoms with E-state index in [2.05, 4.69) is 5.10 Å². The Bertz CT molecular complexity index is 319. The summed E-state index contributed by atoms with van der Waals surface area (Å²) in [5.41, 5.74) is 0.762. The first-order valence-electron chi connectivity index (χ1n) is 6.05. The second kappa shape index (κ2) is 5.46. The Morgan fingerprint density at radius 2 is 2.50 bits per heavy atom. The number of aliphatic hydroxyl groups excluding tert-OH is 1. The molecule has 1 fully saturated rings. The molecule has 0 aromatic carbocycles. The molecule has 2 rings (SSSR count). The summed E-state index contributed by atoms with van der Waals surface area (Å²) in [6.45, 7) is 0.879. The van der Waals surface area contributed by atoms with Crippen LogP contribution in [0.5, 0.6) is 0 Å². The minimum atomic E-state index is -0.452. The molecule has 1 aromatic rings. The van der Waals surface area contributed by atoms with E-state index >= 15 is 0 Å². The molecule has 0 amide bonds. The average molecular weight is 224 g/mol. The molecule has 1 N–H and O–H groups in total. The SMILES string of the molecule is Cn1ccc(C(O)CCC2CCCCO2)n1. The molecule has 0 saturated carbocycles. The number of hydrogen-bond donors (Lipinski definition) is 1. The van der Waals surface area contributed by atoms with Gasteiger partial charge < -0.3 is 9.84 Å². The Labute approximate surface area is 96.2 Å². The van der Waals surface area contributed by atoms with Crippen molar-refractivity contribution in [3.8, 4) is 0 Å². The molecule has 2 heterocycles. The number of hydrogen-bond acceptors (Lipinski definition) is 3. The molecule has 1 aliphatic heterocycles. The summed E-state index contributed by atoms with van der Waals surface area (Å²) in [6, 6.07) is 1.87. The van der Waals surface area contributed by atoms with Gasteiger partial charge in [0.05, 0.1) is 17.9 Å². The highest BCUT2D eigenvalue weighted by Gasteiger charge is 2.17. The van der Waals surface area contributed by atoms with E-state index in [1.807, 2.05) is 19.3 Å². The van der Waals surface area contributed by atoms with Gasteiger partial charge in [0.15, 0.2) is 0 Å². The maximum Gasteiger partial charge on any atom is 0.0979 e. The Kier molecular flexibility index (Phi) is 3.96. The third-order valence-corrected chi connectivity index (χ3v) is 3.11. The summed E-state index contributed by atoms with van der Waals surface area (Å²) < 4.78 is 7.35. The van der Waals surface area contributed by atoms with Crippen LogP contribution in [0.2, 0.25) is 0 Å². The number of nitrogens with zero attached hydrogens (tertiary/aromatic N) is 2. The van der Waals surface area contributed by atoms with Gasteiger partial charge in [-0.15, -0.1) is 0 Å². The van der Waals surface area contributed by atoms with Crippen LogP contribution >= 0.6 is 0 Å². The van der Waals surface area contributed by atoms with Gasteiger partial charge in [-0.1, -0.05) is 0 Å². The zero-order valence-corrected chi connectivity index (χ0v) is 9.80. The van der Waals surface area contributed by atoms with Gasteiger partial charge >= 0.3 is 0 Å². The van der Waals surface area contributed by atoms with E-state index in [-0.39, 0.29) is 0 Å². The van der Waals surface area contributed by atoms with Crippen molar-refractivity contribution in [1.29, 1.82) is 0 Å². The normalized spacial score (nSPS) is 23.2. The van der Waals surface area contributed by atoms with Crippen LogP contribution in [-0.4, -0.2) is 27.6 Å². The van der Waals surface area contributed by atoms with Crippen molar-refractivity contribution < 1.29 is 9.84 Å². The van der Waals surface area contributed by atoms with E-state index in [0.717, 1.165) is 31.6 Å². The van der Waals surface area contributed by atoms with Crippen molar-refractivity contribution >= 4 is 0 Å². The third kappa shape index (κ3) is 3.06. The molecular formula is C12H20N2O2. The topological polar surface area (TPSA) is 47.3 Å². The van der Waals surface area contributed by atoms with E-state index in [0.29, 0.717) is 6.10 Å². The van der Waals surface area contributed by atoms with Gasteiger partial charge in [0.25, 0.3) is 0 Å². The van der Waals surface area contributed by atoms with Crippen LogP contribution in [0.1, 0.15) is 43.9 Å². The van der Waals surface area contributed by atoms with Crippen molar-refractivity contribution in [2.24, 2.45) is 7.05 Å². The van der Waals surface area contributed by atoms with Gasteiger partial charge in [-0.2, -0.15) is 5.10 Å². The van der Waals surface area contributed by atoms with Crippen LogP contribution < -0.4 is 0 Å². The highest BCUT2D eigenvalue weighted by molar-refractivity contribution is 5.02. The molecule has 0 spiro atoms. The molecular weight excluding hydrogens is 204 g/mol. The highest BCUT2D eigenvalue weighted by Crippen LogP contribution is 2.22. The number of aryl methyl sites for hydroxylation is 1. The molecule has 0 radical (unpaired) electrons.